The highest BCUT2D eigenvalue weighted by atomic mass is 16.2. The number of carbonyl (C=O) groups is 1. The molecule has 3 heterocycles. The van der Waals surface area contributed by atoms with Gasteiger partial charge in [-0.05, 0) is 49.6 Å². The standard InChI is InChI=1S/C23H32N4O/c1-4-26-15-20(19-8-6-5-7-9-19)14-23(17-26)10-12-27(13-11-23)22(28)21-16-25(3)24-18(21)2/h5-9,16,20H,4,10-15,17H2,1-3H3/t20-/m1/s1. The maximum Gasteiger partial charge on any atom is 0.257 e. The van der Waals surface area contributed by atoms with Gasteiger partial charge in [0.2, 0.25) is 0 Å². The van der Waals surface area contributed by atoms with Gasteiger partial charge in [0.05, 0.1) is 11.3 Å². The first-order valence-electron chi connectivity index (χ1n) is 10.6. The van der Waals surface area contributed by atoms with E-state index in [2.05, 4.69) is 47.3 Å². The molecule has 0 unspecified atom stereocenters. The van der Waals surface area contributed by atoms with Gasteiger partial charge < -0.3 is 9.80 Å². The van der Waals surface area contributed by atoms with E-state index in [0.29, 0.717) is 11.3 Å². The topological polar surface area (TPSA) is 41.4 Å². The molecule has 1 spiro atoms. The van der Waals surface area contributed by atoms with E-state index < -0.39 is 0 Å². The Morgan fingerprint density at radius 1 is 1.21 bits per heavy atom. The summed E-state index contributed by atoms with van der Waals surface area (Å²) in [6.07, 6.45) is 5.28. The van der Waals surface area contributed by atoms with E-state index >= 15 is 0 Å². The first kappa shape index (κ1) is 19.2. The molecule has 4 rings (SSSR count). The van der Waals surface area contributed by atoms with E-state index in [1.165, 1.54) is 18.5 Å². The number of amides is 1. The molecule has 2 aliphatic heterocycles. The van der Waals surface area contributed by atoms with Gasteiger partial charge in [-0.2, -0.15) is 5.10 Å². The zero-order valence-electron chi connectivity index (χ0n) is 17.4. The molecule has 0 saturated carbocycles. The smallest absolute Gasteiger partial charge is 0.257 e. The quantitative estimate of drug-likeness (QED) is 0.819. The molecule has 5 nitrogen and oxygen atoms in total. The number of likely N-dealkylation sites (tertiary alicyclic amines) is 2. The molecular weight excluding hydrogens is 348 g/mol. The number of aromatic nitrogens is 2. The van der Waals surface area contributed by atoms with Crippen molar-refractivity contribution in [1.29, 1.82) is 0 Å². The first-order valence-corrected chi connectivity index (χ1v) is 10.6. The molecule has 150 valence electrons. The maximum atomic E-state index is 13.0. The summed E-state index contributed by atoms with van der Waals surface area (Å²) in [7, 11) is 1.88. The monoisotopic (exact) mass is 380 g/mol. The lowest BCUT2D eigenvalue weighted by molar-refractivity contribution is 0.0158. The van der Waals surface area contributed by atoms with Crippen LogP contribution in [0.15, 0.2) is 36.5 Å². The third-order valence-corrected chi connectivity index (χ3v) is 6.79. The zero-order valence-corrected chi connectivity index (χ0v) is 17.4. The molecular formula is C23H32N4O. The van der Waals surface area contributed by atoms with Gasteiger partial charge in [0.25, 0.3) is 5.91 Å². The van der Waals surface area contributed by atoms with Crippen LogP contribution < -0.4 is 0 Å². The van der Waals surface area contributed by atoms with Gasteiger partial charge in [0.15, 0.2) is 0 Å². The van der Waals surface area contributed by atoms with Crippen LogP contribution in [0.4, 0.5) is 0 Å². The Labute approximate surface area is 168 Å². The Morgan fingerprint density at radius 3 is 2.54 bits per heavy atom. The summed E-state index contributed by atoms with van der Waals surface area (Å²) in [4.78, 5) is 17.6. The average molecular weight is 381 g/mol. The van der Waals surface area contributed by atoms with E-state index in [4.69, 9.17) is 0 Å². The lowest BCUT2D eigenvalue weighted by atomic mass is 9.68. The minimum Gasteiger partial charge on any atom is -0.339 e. The zero-order chi connectivity index (χ0) is 19.7. The second-order valence-electron chi connectivity index (χ2n) is 8.73. The summed E-state index contributed by atoms with van der Waals surface area (Å²) >= 11 is 0. The van der Waals surface area contributed by atoms with E-state index in [-0.39, 0.29) is 5.91 Å². The van der Waals surface area contributed by atoms with E-state index in [1.807, 2.05) is 25.1 Å². The van der Waals surface area contributed by atoms with Gasteiger partial charge in [0.1, 0.15) is 0 Å². The molecule has 2 saturated heterocycles. The molecule has 0 aliphatic carbocycles. The molecule has 28 heavy (non-hydrogen) atoms. The number of piperidine rings is 2. The predicted octanol–water partition coefficient (Wildman–Crippen LogP) is 3.46. The number of nitrogens with zero attached hydrogens (tertiary/aromatic N) is 4. The second kappa shape index (κ2) is 7.70. The lowest BCUT2D eigenvalue weighted by Gasteiger charge is -2.50. The van der Waals surface area contributed by atoms with Gasteiger partial charge in [-0.15, -0.1) is 0 Å². The van der Waals surface area contributed by atoms with E-state index in [9.17, 15) is 4.79 Å². The van der Waals surface area contributed by atoms with Crippen molar-refractivity contribution >= 4 is 5.91 Å². The molecule has 5 heteroatoms. The normalized spacial score (nSPS) is 22.5. The largest absolute Gasteiger partial charge is 0.339 e. The van der Waals surface area contributed by atoms with Crippen LogP contribution in [0.1, 0.15) is 53.7 Å². The van der Waals surface area contributed by atoms with Crippen LogP contribution >= 0.6 is 0 Å². The van der Waals surface area contributed by atoms with Gasteiger partial charge in [-0.1, -0.05) is 37.3 Å². The van der Waals surface area contributed by atoms with Gasteiger partial charge in [-0.25, -0.2) is 0 Å². The van der Waals surface area contributed by atoms with Crippen LogP contribution in [0.3, 0.4) is 0 Å². The van der Waals surface area contributed by atoms with Gasteiger partial charge >= 0.3 is 0 Å². The van der Waals surface area contributed by atoms with Crippen molar-refractivity contribution < 1.29 is 4.79 Å². The summed E-state index contributed by atoms with van der Waals surface area (Å²) in [6, 6.07) is 11.0. The number of hydrogen-bond acceptors (Lipinski definition) is 3. The minimum absolute atomic E-state index is 0.142. The molecule has 0 bridgehead atoms. The number of hydrogen-bond donors (Lipinski definition) is 0. The maximum absolute atomic E-state index is 13.0. The van der Waals surface area contributed by atoms with Crippen LogP contribution in [0.5, 0.6) is 0 Å². The van der Waals surface area contributed by atoms with E-state index in [0.717, 1.165) is 50.3 Å². The fraction of sp³-hybridized carbons (Fsp3) is 0.565. The minimum atomic E-state index is 0.142. The molecule has 1 aromatic heterocycles. The van der Waals surface area contributed by atoms with Crippen molar-refractivity contribution in [2.24, 2.45) is 12.5 Å². The highest BCUT2D eigenvalue weighted by Gasteiger charge is 2.42. The molecule has 1 aromatic carbocycles. The van der Waals surface area contributed by atoms with Crippen molar-refractivity contribution in [1.82, 2.24) is 19.6 Å². The van der Waals surface area contributed by atoms with Gasteiger partial charge in [-0.3, -0.25) is 9.48 Å². The van der Waals surface area contributed by atoms with Crippen LogP contribution in [0.25, 0.3) is 0 Å². The first-order chi connectivity index (χ1) is 13.5. The second-order valence-corrected chi connectivity index (χ2v) is 8.73. The fourth-order valence-corrected chi connectivity index (χ4v) is 5.22. The molecule has 2 aliphatic rings. The third kappa shape index (κ3) is 3.72. The Morgan fingerprint density at radius 2 is 1.93 bits per heavy atom. The van der Waals surface area contributed by atoms with Crippen molar-refractivity contribution in [2.45, 2.75) is 39.0 Å². The highest BCUT2D eigenvalue weighted by Crippen LogP contribution is 2.45. The van der Waals surface area contributed by atoms with Crippen LogP contribution in [0, 0.1) is 12.3 Å². The van der Waals surface area contributed by atoms with E-state index in [1.54, 1.807) is 4.68 Å². The number of carbonyl (C=O) groups excluding carboxylic acids is 1. The SMILES string of the molecule is CCN1C[C@H](c2ccccc2)CC2(CCN(C(=O)c3cn(C)nc3C)CC2)C1. The molecule has 0 N–H and O–H groups in total. The van der Waals surface area contributed by atoms with Crippen molar-refractivity contribution in [3.63, 3.8) is 0 Å². The highest BCUT2D eigenvalue weighted by molar-refractivity contribution is 5.95. The molecule has 1 atom stereocenters. The summed E-state index contributed by atoms with van der Waals surface area (Å²) in [5.74, 6) is 0.737. The Balaban J connectivity index is 1.47. The molecule has 1 amide bonds. The number of likely N-dealkylation sites (N-methyl/N-ethyl adjacent to an activating group) is 1. The number of rotatable bonds is 3. The van der Waals surface area contributed by atoms with Crippen molar-refractivity contribution in [2.75, 3.05) is 32.7 Å². The molecule has 2 fully saturated rings. The Bertz CT molecular complexity index is 820. The Kier molecular flexibility index (Phi) is 5.28. The van der Waals surface area contributed by atoms with Gasteiger partial charge in [0, 0.05) is 39.4 Å². The van der Waals surface area contributed by atoms with Crippen LogP contribution in [-0.2, 0) is 7.05 Å². The van der Waals surface area contributed by atoms with Crippen LogP contribution in [0.2, 0.25) is 0 Å². The average Bonchev–Trinajstić information content (AvgIpc) is 3.06. The fourth-order valence-electron chi connectivity index (χ4n) is 5.22. The van der Waals surface area contributed by atoms with Crippen molar-refractivity contribution in [3.8, 4) is 0 Å². The lowest BCUT2D eigenvalue weighted by Crippen LogP contribution is -2.52. The van der Waals surface area contributed by atoms with Crippen molar-refractivity contribution in [3.05, 3.63) is 53.3 Å². The van der Waals surface area contributed by atoms with Crippen LogP contribution in [-0.4, -0.2) is 58.2 Å². The molecule has 2 aromatic rings. The third-order valence-electron chi connectivity index (χ3n) is 6.79. The predicted molar refractivity (Wildman–Crippen MR) is 111 cm³/mol. The number of benzene rings is 1. The Hall–Kier alpha value is -2.14. The summed E-state index contributed by atoms with van der Waals surface area (Å²) < 4.78 is 1.73. The molecule has 0 radical (unpaired) electrons. The summed E-state index contributed by atoms with van der Waals surface area (Å²) in [6.45, 7) is 9.32. The number of aryl methyl sites for hydroxylation is 2. The summed E-state index contributed by atoms with van der Waals surface area (Å²) in [5.41, 5.74) is 3.37. The summed E-state index contributed by atoms with van der Waals surface area (Å²) in [5, 5.41) is 4.34.